The molecule has 136 valence electrons. The summed E-state index contributed by atoms with van der Waals surface area (Å²) in [4.78, 5) is 16.5. The number of anilines is 1. The van der Waals surface area contributed by atoms with Crippen molar-refractivity contribution in [3.8, 4) is 5.75 Å². The van der Waals surface area contributed by atoms with Gasteiger partial charge in [-0.25, -0.2) is 9.67 Å². The van der Waals surface area contributed by atoms with Crippen LogP contribution < -0.4 is 10.1 Å². The number of amides is 1. The standard InChI is InChI=1S/C20H24N4O2/c1-13(2)15-5-7-18(8-6-15)26-12-19(25)23-17-9-16-10-22-24(14(3)4)20(16)21-11-17/h5-11,13-14H,12H2,1-4H3,(H,23,25). The fourth-order valence-corrected chi connectivity index (χ4v) is 2.68. The molecule has 1 amide bonds. The van der Waals surface area contributed by atoms with Crippen molar-refractivity contribution >= 4 is 22.6 Å². The van der Waals surface area contributed by atoms with Gasteiger partial charge in [-0.3, -0.25) is 4.79 Å². The Morgan fingerprint density at radius 3 is 2.54 bits per heavy atom. The highest BCUT2D eigenvalue weighted by Gasteiger charge is 2.10. The first-order valence-corrected chi connectivity index (χ1v) is 8.80. The third-order valence-electron chi connectivity index (χ3n) is 4.12. The van der Waals surface area contributed by atoms with Gasteiger partial charge in [0.1, 0.15) is 5.75 Å². The maximum absolute atomic E-state index is 12.1. The number of benzene rings is 1. The van der Waals surface area contributed by atoms with E-state index in [0.29, 0.717) is 17.4 Å². The van der Waals surface area contributed by atoms with E-state index in [4.69, 9.17) is 4.74 Å². The summed E-state index contributed by atoms with van der Waals surface area (Å²) >= 11 is 0. The molecule has 1 aromatic carbocycles. The Kier molecular flexibility index (Phi) is 5.21. The van der Waals surface area contributed by atoms with Crippen molar-refractivity contribution in [3.63, 3.8) is 0 Å². The van der Waals surface area contributed by atoms with Crippen LogP contribution in [0.4, 0.5) is 5.69 Å². The number of nitrogens with one attached hydrogen (secondary N) is 1. The van der Waals surface area contributed by atoms with E-state index in [1.165, 1.54) is 5.56 Å². The van der Waals surface area contributed by atoms with Gasteiger partial charge in [-0.05, 0) is 43.5 Å². The zero-order valence-corrected chi connectivity index (χ0v) is 15.6. The number of aromatic nitrogens is 3. The molecule has 0 fully saturated rings. The minimum absolute atomic E-state index is 0.0513. The minimum atomic E-state index is -0.227. The summed E-state index contributed by atoms with van der Waals surface area (Å²) in [6, 6.07) is 9.90. The molecular weight excluding hydrogens is 328 g/mol. The molecular formula is C20H24N4O2. The summed E-state index contributed by atoms with van der Waals surface area (Å²) in [5, 5.41) is 8.03. The van der Waals surface area contributed by atoms with Crippen molar-refractivity contribution in [3.05, 3.63) is 48.3 Å². The van der Waals surface area contributed by atoms with Crippen molar-refractivity contribution < 1.29 is 9.53 Å². The number of carbonyl (C=O) groups is 1. The first-order valence-electron chi connectivity index (χ1n) is 8.80. The first-order chi connectivity index (χ1) is 12.4. The highest BCUT2D eigenvalue weighted by atomic mass is 16.5. The highest BCUT2D eigenvalue weighted by Crippen LogP contribution is 2.20. The van der Waals surface area contributed by atoms with Crippen LogP contribution in [0, 0.1) is 0 Å². The maximum Gasteiger partial charge on any atom is 0.262 e. The van der Waals surface area contributed by atoms with Gasteiger partial charge >= 0.3 is 0 Å². The van der Waals surface area contributed by atoms with Crippen LogP contribution in [0.3, 0.4) is 0 Å². The molecule has 2 aromatic heterocycles. The lowest BCUT2D eigenvalue weighted by atomic mass is 10.0. The van der Waals surface area contributed by atoms with E-state index in [1.807, 2.05) is 35.0 Å². The molecule has 0 aliphatic heterocycles. The number of rotatable bonds is 6. The minimum Gasteiger partial charge on any atom is -0.484 e. The molecule has 0 aliphatic rings. The van der Waals surface area contributed by atoms with Crippen molar-refractivity contribution in [1.82, 2.24) is 14.8 Å². The van der Waals surface area contributed by atoms with Crippen LogP contribution in [0.5, 0.6) is 5.75 Å². The molecule has 0 radical (unpaired) electrons. The Bertz CT molecular complexity index is 898. The van der Waals surface area contributed by atoms with Crippen LogP contribution in [0.2, 0.25) is 0 Å². The molecule has 0 atom stereocenters. The van der Waals surface area contributed by atoms with Gasteiger partial charge in [0.25, 0.3) is 5.91 Å². The third-order valence-corrected chi connectivity index (χ3v) is 4.12. The lowest BCUT2D eigenvalue weighted by molar-refractivity contribution is -0.118. The second kappa shape index (κ2) is 7.56. The SMILES string of the molecule is CC(C)c1ccc(OCC(=O)Nc2cnc3c(cnn3C(C)C)c2)cc1. The molecule has 26 heavy (non-hydrogen) atoms. The van der Waals surface area contributed by atoms with Gasteiger partial charge in [0.15, 0.2) is 12.3 Å². The highest BCUT2D eigenvalue weighted by molar-refractivity contribution is 5.93. The van der Waals surface area contributed by atoms with Gasteiger partial charge < -0.3 is 10.1 Å². The summed E-state index contributed by atoms with van der Waals surface area (Å²) in [6.07, 6.45) is 3.39. The number of hydrogen-bond acceptors (Lipinski definition) is 4. The topological polar surface area (TPSA) is 69.0 Å². The molecule has 0 bridgehead atoms. The average Bonchev–Trinajstić information content (AvgIpc) is 3.03. The molecule has 1 N–H and O–H groups in total. The summed E-state index contributed by atoms with van der Waals surface area (Å²) in [7, 11) is 0. The molecule has 3 aromatic rings. The van der Waals surface area contributed by atoms with E-state index in [2.05, 4.69) is 43.1 Å². The van der Waals surface area contributed by atoms with Gasteiger partial charge in [-0.15, -0.1) is 0 Å². The lowest BCUT2D eigenvalue weighted by Crippen LogP contribution is -2.20. The molecule has 3 rings (SSSR count). The number of fused-ring (bicyclic) bond motifs is 1. The normalized spacial score (nSPS) is 11.3. The number of hydrogen-bond donors (Lipinski definition) is 1. The van der Waals surface area contributed by atoms with E-state index in [9.17, 15) is 4.79 Å². The smallest absolute Gasteiger partial charge is 0.262 e. The van der Waals surface area contributed by atoms with Gasteiger partial charge in [0.2, 0.25) is 0 Å². The van der Waals surface area contributed by atoms with Gasteiger partial charge in [0.05, 0.1) is 18.1 Å². The predicted molar refractivity (Wildman–Crippen MR) is 103 cm³/mol. The molecule has 6 heteroatoms. The molecule has 6 nitrogen and oxygen atoms in total. The van der Waals surface area contributed by atoms with Crippen LogP contribution in [0.25, 0.3) is 11.0 Å². The molecule has 0 saturated heterocycles. The van der Waals surface area contributed by atoms with Crippen molar-refractivity contribution in [2.45, 2.75) is 39.7 Å². The number of nitrogens with zero attached hydrogens (tertiary/aromatic N) is 3. The monoisotopic (exact) mass is 352 g/mol. The van der Waals surface area contributed by atoms with Crippen LogP contribution >= 0.6 is 0 Å². The van der Waals surface area contributed by atoms with E-state index in [1.54, 1.807) is 12.4 Å². The Hall–Kier alpha value is -2.89. The predicted octanol–water partition coefficient (Wildman–Crippen LogP) is 4.15. The van der Waals surface area contributed by atoms with Crippen molar-refractivity contribution in [2.75, 3.05) is 11.9 Å². The summed E-state index contributed by atoms with van der Waals surface area (Å²) in [5.41, 5.74) is 2.67. The fraction of sp³-hybridized carbons (Fsp3) is 0.350. The number of carbonyl (C=O) groups excluding carboxylic acids is 1. The Morgan fingerprint density at radius 2 is 1.88 bits per heavy atom. The maximum atomic E-state index is 12.1. The van der Waals surface area contributed by atoms with Gasteiger partial charge in [-0.2, -0.15) is 5.10 Å². The zero-order chi connectivity index (χ0) is 18.7. The van der Waals surface area contributed by atoms with Crippen LogP contribution in [-0.4, -0.2) is 27.3 Å². The summed E-state index contributed by atoms with van der Waals surface area (Å²) in [5.74, 6) is 0.918. The third kappa shape index (κ3) is 4.02. The lowest BCUT2D eigenvalue weighted by Gasteiger charge is -2.10. The number of ether oxygens (including phenoxy) is 1. The van der Waals surface area contributed by atoms with E-state index < -0.39 is 0 Å². The first kappa shape index (κ1) is 17.9. The van der Waals surface area contributed by atoms with Crippen LogP contribution in [-0.2, 0) is 4.79 Å². The van der Waals surface area contributed by atoms with Crippen LogP contribution in [0.15, 0.2) is 42.7 Å². The van der Waals surface area contributed by atoms with Crippen molar-refractivity contribution in [1.29, 1.82) is 0 Å². The average molecular weight is 352 g/mol. The Morgan fingerprint density at radius 1 is 1.15 bits per heavy atom. The molecule has 0 aliphatic carbocycles. The molecule has 0 unspecified atom stereocenters. The van der Waals surface area contributed by atoms with E-state index in [0.717, 1.165) is 11.0 Å². The Labute approximate surface area is 153 Å². The van der Waals surface area contributed by atoms with Gasteiger partial charge in [0, 0.05) is 11.4 Å². The second-order valence-electron chi connectivity index (χ2n) is 6.88. The molecule has 0 saturated carbocycles. The second-order valence-corrected chi connectivity index (χ2v) is 6.88. The van der Waals surface area contributed by atoms with Gasteiger partial charge in [-0.1, -0.05) is 26.0 Å². The molecule has 2 heterocycles. The zero-order valence-electron chi connectivity index (χ0n) is 15.6. The largest absolute Gasteiger partial charge is 0.484 e. The van der Waals surface area contributed by atoms with E-state index >= 15 is 0 Å². The summed E-state index contributed by atoms with van der Waals surface area (Å²) in [6.45, 7) is 8.33. The summed E-state index contributed by atoms with van der Waals surface area (Å²) < 4.78 is 7.40. The Balaban J connectivity index is 1.60. The fourth-order valence-electron chi connectivity index (χ4n) is 2.68. The quantitative estimate of drug-likeness (QED) is 0.723. The van der Waals surface area contributed by atoms with Crippen LogP contribution in [0.1, 0.15) is 45.2 Å². The molecule has 0 spiro atoms. The van der Waals surface area contributed by atoms with Crippen molar-refractivity contribution in [2.24, 2.45) is 0 Å². The number of pyridine rings is 1. The van der Waals surface area contributed by atoms with E-state index in [-0.39, 0.29) is 18.6 Å².